The molecule has 2 aromatic carbocycles. The molecule has 1 aromatic heterocycles. The van der Waals surface area contributed by atoms with Gasteiger partial charge < -0.3 is 9.45 Å². The Labute approximate surface area is 208 Å². The van der Waals surface area contributed by atoms with E-state index in [9.17, 15) is 13.6 Å². The molecule has 8 heteroatoms. The highest BCUT2D eigenvalue weighted by molar-refractivity contribution is 7.95. The van der Waals surface area contributed by atoms with Crippen LogP contribution in [0, 0.1) is 19.8 Å². The highest BCUT2D eigenvalue weighted by Gasteiger charge is 2.48. The number of benzene rings is 2. The summed E-state index contributed by atoms with van der Waals surface area (Å²) in [6.45, 7) is 8.89. The monoisotopic (exact) mass is 492 g/mol. The zero-order valence-electron chi connectivity index (χ0n) is 20.7. The number of fused-ring (bicyclic) bond motifs is 1. The van der Waals surface area contributed by atoms with Crippen LogP contribution in [0.1, 0.15) is 60.0 Å². The summed E-state index contributed by atoms with van der Waals surface area (Å²) in [7, 11) is -3.63. The molecular formula is C27H32N4O3S. The van der Waals surface area contributed by atoms with Crippen LogP contribution in [-0.2, 0) is 14.6 Å². The minimum absolute atomic E-state index is 0.0669. The maximum atomic E-state index is 14.0. The number of piperidine rings is 1. The summed E-state index contributed by atoms with van der Waals surface area (Å²) in [5.74, 6) is 0.0964. The highest BCUT2D eigenvalue weighted by Crippen LogP contribution is 2.44. The van der Waals surface area contributed by atoms with E-state index in [4.69, 9.17) is 5.10 Å². The van der Waals surface area contributed by atoms with E-state index in [0.717, 1.165) is 28.9 Å². The second-order valence-electron chi connectivity index (χ2n) is 9.97. The first-order chi connectivity index (χ1) is 16.7. The Morgan fingerprint density at radius 1 is 1.06 bits per heavy atom. The number of carbonyl (C=O) groups excluding carboxylic acids is 1. The molecule has 184 valence electrons. The van der Waals surface area contributed by atoms with Crippen molar-refractivity contribution in [3.63, 3.8) is 0 Å². The van der Waals surface area contributed by atoms with E-state index in [0.29, 0.717) is 30.1 Å². The molecule has 5 rings (SSSR count). The number of sulfonamides is 1. The van der Waals surface area contributed by atoms with Gasteiger partial charge in [-0.1, -0.05) is 54.0 Å². The molecular weight excluding hydrogens is 460 g/mol. The van der Waals surface area contributed by atoms with Crippen molar-refractivity contribution >= 4 is 16.3 Å². The molecule has 2 aliphatic rings. The molecule has 0 bridgehead atoms. The first kappa shape index (κ1) is 23.9. The number of aromatic nitrogens is 2. The Balaban J connectivity index is 1.50. The summed E-state index contributed by atoms with van der Waals surface area (Å²) < 4.78 is 30.2. The van der Waals surface area contributed by atoms with Gasteiger partial charge in [0.15, 0.2) is 15.3 Å². The average Bonchev–Trinajstić information content (AvgIpc) is 3.35. The Morgan fingerprint density at radius 3 is 2.40 bits per heavy atom. The molecule has 0 aliphatic carbocycles. The molecule has 1 amide bonds. The largest absolute Gasteiger partial charge is 0.593 e. The predicted molar refractivity (Wildman–Crippen MR) is 135 cm³/mol. The summed E-state index contributed by atoms with van der Waals surface area (Å²) in [5, 5.41) is 4.73. The van der Waals surface area contributed by atoms with Gasteiger partial charge in [0.05, 0.1) is 24.0 Å². The third-order valence-electron chi connectivity index (χ3n) is 7.18. The lowest BCUT2D eigenvalue weighted by molar-refractivity contribution is 0.0457. The van der Waals surface area contributed by atoms with Crippen molar-refractivity contribution in [1.82, 2.24) is 19.0 Å². The smallest absolute Gasteiger partial charge is 0.273 e. The zero-order chi connectivity index (χ0) is 24.9. The van der Waals surface area contributed by atoms with E-state index < -0.39 is 10.4 Å². The van der Waals surface area contributed by atoms with Gasteiger partial charge in [0, 0.05) is 18.2 Å². The molecule has 3 atom stereocenters. The third kappa shape index (κ3) is 4.03. The molecule has 1 fully saturated rings. The number of hydrogen-bond donors (Lipinski definition) is 0. The van der Waals surface area contributed by atoms with Gasteiger partial charge in [-0.15, -0.1) is 4.31 Å². The van der Waals surface area contributed by atoms with E-state index in [1.807, 2.05) is 61.2 Å². The maximum absolute atomic E-state index is 14.0. The molecule has 0 saturated carbocycles. The summed E-state index contributed by atoms with van der Waals surface area (Å²) in [6.07, 6.45) is 1.49. The second-order valence-corrected chi connectivity index (χ2v) is 11.9. The molecule has 1 saturated heterocycles. The van der Waals surface area contributed by atoms with Crippen molar-refractivity contribution in [2.75, 3.05) is 13.1 Å². The van der Waals surface area contributed by atoms with Crippen LogP contribution in [0.25, 0.3) is 5.69 Å². The Hall–Kier alpha value is -2.81. The molecule has 0 N–H and O–H groups in total. The minimum atomic E-state index is -3.63. The summed E-state index contributed by atoms with van der Waals surface area (Å²) in [5.41, 5.74) is 4.28. The SMILES string of the molecule is Cc1ccc([S+](=O)([O-])N2CCCC(N3C(=O)c4c(c(C)nn4-c4ccccc4)C3C(C)C)C2)cc1. The number of nitrogens with zero attached hydrogens (tertiary/aromatic N) is 4. The lowest BCUT2D eigenvalue weighted by Crippen LogP contribution is -2.53. The van der Waals surface area contributed by atoms with Crippen molar-refractivity contribution in [2.24, 2.45) is 5.92 Å². The molecule has 0 radical (unpaired) electrons. The number of aryl methyl sites for hydroxylation is 2. The van der Waals surface area contributed by atoms with Crippen LogP contribution in [-0.4, -0.2) is 48.6 Å². The summed E-state index contributed by atoms with van der Waals surface area (Å²) in [6, 6.07) is 16.4. The van der Waals surface area contributed by atoms with Crippen LogP contribution < -0.4 is 0 Å². The van der Waals surface area contributed by atoms with Crippen molar-refractivity contribution in [2.45, 2.75) is 57.5 Å². The van der Waals surface area contributed by atoms with Crippen molar-refractivity contribution in [1.29, 1.82) is 0 Å². The topological polar surface area (TPSA) is 81.5 Å². The Bertz CT molecular complexity index is 1290. The molecule has 35 heavy (non-hydrogen) atoms. The van der Waals surface area contributed by atoms with Gasteiger partial charge in [-0.3, -0.25) is 4.79 Å². The van der Waals surface area contributed by atoms with Crippen LogP contribution in [0.3, 0.4) is 0 Å². The van der Waals surface area contributed by atoms with E-state index >= 15 is 0 Å². The number of para-hydroxylation sites is 1. The van der Waals surface area contributed by atoms with Gasteiger partial charge in [-0.05, 0) is 56.9 Å². The van der Waals surface area contributed by atoms with Crippen molar-refractivity contribution in [3.8, 4) is 5.69 Å². The fourth-order valence-corrected chi connectivity index (χ4v) is 7.03. The molecule has 0 spiro atoms. The van der Waals surface area contributed by atoms with E-state index in [2.05, 4.69) is 13.8 Å². The summed E-state index contributed by atoms with van der Waals surface area (Å²) in [4.78, 5) is 16.2. The van der Waals surface area contributed by atoms with E-state index in [1.54, 1.807) is 21.1 Å². The molecule has 3 heterocycles. The van der Waals surface area contributed by atoms with Crippen LogP contribution in [0.5, 0.6) is 0 Å². The first-order valence-corrected chi connectivity index (χ1v) is 13.7. The Kier molecular flexibility index (Phi) is 6.15. The van der Waals surface area contributed by atoms with Gasteiger partial charge in [0.2, 0.25) is 0 Å². The predicted octanol–water partition coefficient (Wildman–Crippen LogP) is 4.71. The lowest BCUT2D eigenvalue weighted by atomic mass is 9.94. The van der Waals surface area contributed by atoms with Gasteiger partial charge in [-0.2, -0.15) is 5.10 Å². The number of amides is 1. The first-order valence-electron chi connectivity index (χ1n) is 12.2. The molecule has 7 nitrogen and oxygen atoms in total. The van der Waals surface area contributed by atoms with Gasteiger partial charge in [-0.25, -0.2) is 4.68 Å². The van der Waals surface area contributed by atoms with Gasteiger partial charge in [0.1, 0.15) is 5.69 Å². The average molecular weight is 493 g/mol. The normalized spacial score (nSPS) is 22.5. The van der Waals surface area contributed by atoms with E-state index in [1.165, 1.54) is 0 Å². The highest BCUT2D eigenvalue weighted by atomic mass is 32.3. The van der Waals surface area contributed by atoms with Crippen LogP contribution in [0.15, 0.2) is 59.5 Å². The van der Waals surface area contributed by atoms with Gasteiger partial charge in [0.25, 0.3) is 5.91 Å². The minimum Gasteiger partial charge on any atom is -0.593 e. The molecule has 3 aromatic rings. The number of hydrogen-bond acceptors (Lipinski definition) is 4. The van der Waals surface area contributed by atoms with Gasteiger partial charge >= 0.3 is 0 Å². The summed E-state index contributed by atoms with van der Waals surface area (Å²) >= 11 is 0. The van der Waals surface area contributed by atoms with Crippen molar-refractivity contribution in [3.05, 3.63) is 77.1 Å². The molecule has 2 aliphatic heterocycles. The van der Waals surface area contributed by atoms with Crippen molar-refractivity contribution < 1.29 is 13.6 Å². The standard InChI is InChI=1S/C27H32N4O3S/c1-18(2)25-24-20(4)28-31(21-9-6-5-7-10-21)26(24)27(32)30(25)22-11-8-16-29(17-22)35(33,34)23-14-12-19(3)13-15-23/h5-7,9-10,12-15,18,22,25H,8,11,16-17H2,1-4H3. The van der Waals surface area contributed by atoms with E-state index in [-0.39, 0.29) is 23.9 Å². The fraction of sp³-hybridized carbons (Fsp3) is 0.407. The van der Waals surface area contributed by atoms with Crippen LogP contribution >= 0.6 is 0 Å². The number of carbonyl (C=O) groups is 1. The second kappa shape index (κ2) is 9.00. The molecule has 3 unspecified atom stereocenters. The van der Waals surface area contributed by atoms with Crippen LogP contribution in [0.2, 0.25) is 0 Å². The fourth-order valence-electron chi connectivity index (χ4n) is 5.52. The quantitative estimate of drug-likeness (QED) is 0.483. The zero-order valence-corrected chi connectivity index (χ0v) is 21.5. The van der Waals surface area contributed by atoms with Crippen LogP contribution in [0.4, 0.5) is 0 Å². The lowest BCUT2D eigenvalue weighted by Gasteiger charge is -2.41. The maximum Gasteiger partial charge on any atom is 0.273 e. The third-order valence-corrected chi connectivity index (χ3v) is 9.06. The number of rotatable bonds is 5. The Morgan fingerprint density at radius 2 is 1.74 bits per heavy atom.